The van der Waals surface area contributed by atoms with Crippen molar-refractivity contribution in [1.29, 1.82) is 0 Å². The minimum Gasteiger partial charge on any atom is -0.298 e. The third-order valence-corrected chi connectivity index (χ3v) is 2.73. The zero-order chi connectivity index (χ0) is 10.8. The SMILES string of the molecule is O=Cc1ccc(N2C(=O)CCC2=S)cc1. The van der Waals surface area contributed by atoms with E-state index in [0.29, 0.717) is 23.4 Å². The summed E-state index contributed by atoms with van der Waals surface area (Å²) in [4.78, 5) is 24.2. The topological polar surface area (TPSA) is 37.4 Å². The van der Waals surface area contributed by atoms with Crippen LogP contribution in [0, 0.1) is 0 Å². The van der Waals surface area contributed by atoms with Gasteiger partial charge in [0.15, 0.2) is 0 Å². The van der Waals surface area contributed by atoms with E-state index in [1.807, 2.05) is 0 Å². The van der Waals surface area contributed by atoms with Crippen LogP contribution in [0.15, 0.2) is 24.3 Å². The van der Waals surface area contributed by atoms with Gasteiger partial charge in [0.2, 0.25) is 5.91 Å². The molecule has 76 valence electrons. The average molecular weight is 219 g/mol. The van der Waals surface area contributed by atoms with Crippen molar-refractivity contribution in [1.82, 2.24) is 0 Å². The Labute approximate surface area is 92.7 Å². The number of amides is 1. The number of benzene rings is 1. The van der Waals surface area contributed by atoms with Gasteiger partial charge in [-0.25, -0.2) is 0 Å². The molecule has 0 N–H and O–H groups in total. The van der Waals surface area contributed by atoms with E-state index in [4.69, 9.17) is 12.2 Å². The highest BCUT2D eigenvalue weighted by molar-refractivity contribution is 7.80. The van der Waals surface area contributed by atoms with Crippen LogP contribution in [-0.4, -0.2) is 17.2 Å². The zero-order valence-corrected chi connectivity index (χ0v) is 8.79. The van der Waals surface area contributed by atoms with Crippen LogP contribution < -0.4 is 4.90 Å². The van der Waals surface area contributed by atoms with Gasteiger partial charge < -0.3 is 0 Å². The molecule has 1 fully saturated rings. The fraction of sp³-hybridized carbons (Fsp3) is 0.182. The number of rotatable bonds is 2. The molecule has 1 saturated heterocycles. The fourth-order valence-electron chi connectivity index (χ4n) is 1.57. The quantitative estimate of drug-likeness (QED) is 0.563. The summed E-state index contributed by atoms with van der Waals surface area (Å²) in [5, 5.41) is 0. The van der Waals surface area contributed by atoms with Crippen molar-refractivity contribution in [3.8, 4) is 0 Å². The van der Waals surface area contributed by atoms with Crippen molar-refractivity contribution in [3.63, 3.8) is 0 Å². The van der Waals surface area contributed by atoms with Crippen molar-refractivity contribution >= 4 is 35.1 Å². The Balaban J connectivity index is 2.32. The molecule has 1 amide bonds. The number of nitrogens with zero attached hydrogens (tertiary/aromatic N) is 1. The van der Waals surface area contributed by atoms with Crippen LogP contribution in [0.4, 0.5) is 5.69 Å². The Hall–Kier alpha value is -1.55. The maximum absolute atomic E-state index is 11.5. The van der Waals surface area contributed by atoms with E-state index in [9.17, 15) is 9.59 Å². The van der Waals surface area contributed by atoms with E-state index < -0.39 is 0 Å². The maximum atomic E-state index is 11.5. The smallest absolute Gasteiger partial charge is 0.232 e. The van der Waals surface area contributed by atoms with Crippen LogP contribution >= 0.6 is 12.2 Å². The molecule has 0 aromatic heterocycles. The van der Waals surface area contributed by atoms with Gasteiger partial charge in [0.05, 0.1) is 4.99 Å². The van der Waals surface area contributed by atoms with E-state index in [2.05, 4.69) is 0 Å². The normalized spacial score (nSPS) is 15.9. The highest BCUT2D eigenvalue weighted by Crippen LogP contribution is 2.23. The molecule has 1 heterocycles. The fourth-order valence-corrected chi connectivity index (χ4v) is 1.88. The highest BCUT2D eigenvalue weighted by atomic mass is 32.1. The van der Waals surface area contributed by atoms with Crippen molar-refractivity contribution in [2.75, 3.05) is 4.90 Å². The highest BCUT2D eigenvalue weighted by Gasteiger charge is 2.26. The third-order valence-electron chi connectivity index (χ3n) is 2.34. The number of hydrogen-bond donors (Lipinski definition) is 0. The van der Waals surface area contributed by atoms with Gasteiger partial charge in [-0.1, -0.05) is 12.2 Å². The Morgan fingerprint density at radius 3 is 2.33 bits per heavy atom. The molecule has 0 saturated carbocycles. The molecule has 2 rings (SSSR count). The summed E-state index contributed by atoms with van der Waals surface area (Å²) in [5.74, 6) is 0.0267. The van der Waals surface area contributed by atoms with Crippen molar-refractivity contribution in [2.24, 2.45) is 0 Å². The molecule has 0 unspecified atom stereocenters. The van der Waals surface area contributed by atoms with E-state index >= 15 is 0 Å². The standard InChI is InChI=1S/C11H9NO2S/c13-7-8-1-3-9(4-2-8)12-10(14)5-6-11(12)15/h1-4,7H,5-6H2. The largest absolute Gasteiger partial charge is 0.298 e. The van der Waals surface area contributed by atoms with Crippen molar-refractivity contribution in [2.45, 2.75) is 12.8 Å². The lowest BCUT2D eigenvalue weighted by Gasteiger charge is -2.15. The molecule has 1 aliphatic heterocycles. The van der Waals surface area contributed by atoms with E-state index in [0.717, 1.165) is 12.0 Å². The summed E-state index contributed by atoms with van der Waals surface area (Å²) < 4.78 is 0. The minimum absolute atomic E-state index is 0.0267. The molecule has 0 bridgehead atoms. The van der Waals surface area contributed by atoms with Crippen LogP contribution in [0.3, 0.4) is 0 Å². The van der Waals surface area contributed by atoms with Crippen LogP contribution in [0.5, 0.6) is 0 Å². The monoisotopic (exact) mass is 219 g/mol. The second-order valence-corrected chi connectivity index (χ2v) is 3.80. The van der Waals surface area contributed by atoms with Crippen LogP contribution in [0.2, 0.25) is 0 Å². The summed E-state index contributed by atoms with van der Waals surface area (Å²) in [6.45, 7) is 0. The molecule has 0 spiro atoms. The maximum Gasteiger partial charge on any atom is 0.232 e. The molecule has 1 aromatic rings. The Bertz CT molecular complexity index is 409. The lowest BCUT2D eigenvalue weighted by atomic mass is 10.2. The number of carbonyl (C=O) groups is 2. The Kier molecular flexibility index (Phi) is 2.60. The molecule has 15 heavy (non-hydrogen) atoms. The second-order valence-electron chi connectivity index (χ2n) is 3.33. The van der Waals surface area contributed by atoms with Gasteiger partial charge in [0.25, 0.3) is 0 Å². The first kappa shape index (κ1) is 9.98. The van der Waals surface area contributed by atoms with E-state index in [1.165, 1.54) is 4.90 Å². The second kappa shape index (κ2) is 3.90. The first-order valence-corrected chi connectivity index (χ1v) is 5.04. The molecule has 0 radical (unpaired) electrons. The molecule has 0 atom stereocenters. The molecule has 0 aliphatic carbocycles. The lowest BCUT2D eigenvalue weighted by molar-refractivity contribution is -0.116. The molecule has 4 heteroatoms. The third kappa shape index (κ3) is 1.80. The van der Waals surface area contributed by atoms with Crippen LogP contribution in [-0.2, 0) is 4.79 Å². The number of carbonyl (C=O) groups excluding carboxylic acids is 2. The van der Waals surface area contributed by atoms with Gasteiger partial charge in [0.1, 0.15) is 6.29 Å². The van der Waals surface area contributed by atoms with Crippen LogP contribution in [0.1, 0.15) is 23.2 Å². The van der Waals surface area contributed by atoms with Gasteiger partial charge in [-0.2, -0.15) is 0 Å². The van der Waals surface area contributed by atoms with Crippen molar-refractivity contribution in [3.05, 3.63) is 29.8 Å². The molecule has 1 aromatic carbocycles. The molecule has 1 aliphatic rings. The first-order chi connectivity index (χ1) is 7.22. The molecular weight excluding hydrogens is 210 g/mol. The lowest BCUT2D eigenvalue weighted by Crippen LogP contribution is -2.27. The predicted molar refractivity (Wildman–Crippen MR) is 61.1 cm³/mol. The Morgan fingerprint density at radius 2 is 1.87 bits per heavy atom. The summed E-state index contributed by atoms with van der Waals surface area (Å²) in [6, 6.07) is 6.82. The van der Waals surface area contributed by atoms with Crippen LogP contribution in [0.25, 0.3) is 0 Å². The first-order valence-electron chi connectivity index (χ1n) is 4.63. The molecule has 3 nitrogen and oxygen atoms in total. The number of anilines is 1. The van der Waals surface area contributed by atoms with Gasteiger partial charge in [-0.3, -0.25) is 14.5 Å². The van der Waals surface area contributed by atoms with Gasteiger partial charge in [-0.15, -0.1) is 0 Å². The number of aldehydes is 1. The summed E-state index contributed by atoms with van der Waals surface area (Å²) in [7, 11) is 0. The van der Waals surface area contributed by atoms with E-state index in [-0.39, 0.29) is 5.91 Å². The summed E-state index contributed by atoms with van der Waals surface area (Å²) in [5.41, 5.74) is 1.34. The van der Waals surface area contributed by atoms with Gasteiger partial charge in [-0.05, 0) is 24.3 Å². The van der Waals surface area contributed by atoms with E-state index in [1.54, 1.807) is 24.3 Å². The average Bonchev–Trinajstić information content (AvgIpc) is 2.59. The summed E-state index contributed by atoms with van der Waals surface area (Å²) >= 11 is 5.10. The number of hydrogen-bond acceptors (Lipinski definition) is 3. The summed E-state index contributed by atoms with van der Waals surface area (Å²) in [6.07, 6.45) is 1.89. The van der Waals surface area contributed by atoms with Gasteiger partial charge >= 0.3 is 0 Å². The minimum atomic E-state index is 0.0267. The number of thiocarbonyl (C=S) groups is 1. The Morgan fingerprint density at radius 1 is 1.20 bits per heavy atom. The van der Waals surface area contributed by atoms with Crippen molar-refractivity contribution < 1.29 is 9.59 Å². The predicted octanol–water partition coefficient (Wildman–Crippen LogP) is 1.95. The molecular formula is C11H9NO2S. The zero-order valence-electron chi connectivity index (χ0n) is 7.97. The van der Waals surface area contributed by atoms with Gasteiger partial charge in [0, 0.05) is 24.1 Å².